The molecule has 0 aliphatic heterocycles. The second-order valence-electron chi connectivity index (χ2n) is 3.93. The maximum absolute atomic E-state index is 11.5. The highest BCUT2D eigenvalue weighted by Crippen LogP contribution is 2.24. The number of hydrogen-bond acceptors (Lipinski definition) is 4. The lowest BCUT2D eigenvalue weighted by Gasteiger charge is -2.16. The first-order valence-electron chi connectivity index (χ1n) is 5.43. The van der Waals surface area contributed by atoms with Gasteiger partial charge >= 0.3 is 0 Å². The van der Waals surface area contributed by atoms with Crippen molar-refractivity contribution in [2.75, 3.05) is 33.4 Å². The van der Waals surface area contributed by atoms with Gasteiger partial charge in [0.1, 0.15) is 6.61 Å². The molecule has 0 saturated heterocycles. The average molecular weight is 229 g/mol. The first kappa shape index (κ1) is 12.9. The van der Waals surface area contributed by atoms with E-state index in [1.165, 1.54) is 0 Å². The molecule has 0 atom stereocenters. The van der Waals surface area contributed by atoms with E-state index in [1.54, 1.807) is 4.90 Å². The number of likely N-dealkylation sites (N-methyl/N-ethyl adjacent to an activating group) is 1. The van der Waals surface area contributed by atoms with Crippen molar-refractivity contribution in [1.29, 1.82) is 0 Å². The zero-order chi connectivity index (χ0) is 12.0. The third-order valence-corrected chi connectivity index (χ3v) is 2.43. The Kier molecular flexibility index (Phi) is 5.21. The normalized spacial score (nSPS) is 14.8. The van der Waals surface area contributed by atoms with Crippen LogP contribution in [0, 0.1) is 0 Å². The van der Waals surface area contributed by atoms with E-state index in [1.807, 2.05) is 7.05 Å². The van der Waals surface area contributed by atoms with Crippen LogP contribution in [0.4, 0.5) is 0 Å². The van der Waals surface area contributed by atoms with Crippen LogP contribution in [0.3, 0.4) is 0 Å². The minimum Gasteiger partial charge on any atom is -0.370 e. The van der Waals surface area contributed by atoms with E-state index >= 15 is 0 Å². The fourth-order valence-electron chi connectivity index (χ4n) is 1.30. The molecule has 1 rings (SSSR count). The minimum absolute atomic E-state index is 0.0718. The SMILES string of the molecule is CN(C(=O)CNCCOCC(N)=O)C1CC1. The van der Waals surface area contributed by atoms with Crippen LogP contribution < -0.4 is 11.1 Å². The van der Waals surface area contributed by atoms with Gasteiger partial charge in [0.15, 0.2) is 0 Å². The highest BCUT2D eigenvalue weighted by Gasteiger charge is 2.28. The van der Waals surface area contributed by atoms with E-state index in [2.05, 4.69) is 5.32 Å². The van der Waals surface area contributed by atoms with Crippen molar-refractivity contribution < 1.29 is 14.3 Å². The Bertz CT molecular complexity index is 254. The van der Waals surface area contributed by atoms with Crippen molar-refractivity contribution in [1.82, 2.24) is 10.2 Å². The van der Waals surface area contributed by atoms with Gasteiger partial charge in [0.2, 0.25) is 11.8 Å². The molecule has 0 aromatic rings. The van der Waals surface area contributed by atoms with Gasteiger partial charge in [0.05, 0.1) is 13.2 Å². The zero-order valence-electron chi connectivity index (χ0n) is 9.57. The van der Waals surface area contributed by atoms with Crippen LogP contribution in [-0.2, 0) is 14.3 Å². The molecular weight excluding hydrogens is 210 g/mol. The van der Waals surface area contributed by atoms with Crippen molar-refractivity contribution in [3.63, 3.8) is 0 Å². The predicted octanol–water partition coefficient (Wildman–Crippen LogP) is -1.30. The second-order valence-corrected chi connectivity index (χ2v) is 3.93. The van der Waals surface area contributed by atoms with Crippen LogP contribution in [0.1, 0.15) is 12.8 Å². The van der Waals surface area contributed by atoms with E-state index in [0.717, 1.165) is 12.8 Å². The minimum atomic E-state index is -0.482. The molecule has 0 aromatic carbocycles. The highest BCUT2D eigenvalue weighted by atomic mass is 16.5. The van der Waals surface area contributed by atoms with Crippen molar-refractivity contribution in [2.45, 2.75) is 18.9 Å². The van der Waals surface area contributed by atoms with Gasteiger partial charge in [-0.1, -0.05) is 0 Å². The monoisotopic (exact) mass is 229 g/mol. The number of carbonyl (C=O) groups is 2. The van der Waals surface area contributed by atoms with Gasteiger partial charge in [0, 0.05) is 19.6 Å². The fraction of sp³-hybridized carbons (Fsp3) is 0.800. The number of primary amides is 1. The van der Waals surface area contributed by atoms with Crippen LogP contribution in [0.25, 0.3) is 0 Å². The second kappa shape index (κ2) is 6.44. The largest absolute Gasteiger partial charge is 0.370 e. The van der Waals surface area contributed by atoms with E-state index in [4.69, 9.17) is 10.5 Å². The number of ether oxygens (including phenoxy) is 1. The Balaban J connectivity index is 1.93. The van der Waals surface area contributed by atoms with Gasteiger partial charge < -0.3 is 20.7 Å². The Labute approximate surface area is 95.1 Å². The maximum Gasteiger partial charge on any atom is 0.243 e. The van der Waals surface area contributed by atoms with E-state index in [9.17, 15) is 9.59 Å². The highest BCUT2D eigenvalue weighted by molar-refractivity contribution is 5.78. The van der Waals surface area contributed by atoms with Crippen LogP contribution in [0.2, 0.25) is 0 Å². The lowest BCUT2D eigenvalue weighted by Crippen LogP contribution is -2.38. The molecule has 0 aromatic heterocycles. The van der Waals surface area contributed by atoms with Crippen LogP contribution in [-0.4, -0.2) is 56.1 Å². The van der Waals surface area contributed by atoms with E-state index in [0.29, 0.717) is 25.7 Å². The summed E-state index contributed by atoms with van der Waals surface area (Å²) in [5, 5.41) is 2.95. The molecule has 6 nitrogen and oxygen atoms in total. The number of nitrogens with zero attached hydrogens (tertiary/aromatic N) is 1. The summed E-state index contributed by atoms with van der Waals surface area (Å²) in [6, 6.07) is 0.445. The van der Waals surface area contributed by atoms with Gasteiger partial charge in [0.25, 0.3) is 0 Å². The van der Waals surface area contributed by atoms with Crippen molar-refractivity contribution >= 4 is 11.8 Å². The Morgan fingerprint density at radius 2 is 2.19 bits per heavy atom. The molecule has 1 fully saturated rings. The van der Waals surface area contributed by atoms with Gasteiger partial charge in [-0.25, -0.2) is 0 Å². The quantitative estimate of drug-likeness (QED) is 0.507. The van der Waals surface area contributed by atoms with Gasteiger partial charge in [-0.3, -0.25) is 9.59 Å². The first-order valence-corrected chi connectivity index (χ1v) is 5.43. The third-order valence-electron chi connectivity index (χ3n) is 2.43. The van der Waals surface area contributed by atoms with Crippen LogP contribution in [0.15, 0.2) is 0 Å². The molecule has 16 heavy (non-hydrogen) atoms. The summed E-state index contributed by atoms with van der Waals surface area (Å²) >= 11 is 0. The van der Waals surface area contributed by atoms with Gasteiger partial charge in [-0.2, -0.15) is 0 Å². The number of carbonyl (C=O) groups excluding carboxylic acids is 2. The summed E-state index contributed by atoms with van der Waals surface area (Å²) in [4.78, 5) is 23.6. The topological polar surface area (TPSA) is 84.7 Å². The summed E-state index contributed by atoms with van der Waals surface area (Å²) in [6.45, 7) is 1.16. The molecule has 1 saturated carbocycles. The molecule has 1 aliphatic carbocycles. The van der Waals surface area contributed by atoms with Crippen molar-refractivity contribution in [3.05, 3.63) is 0 Å². The average Bonchev–Trinajstić information content (AvgIpc) is 3.05. The molecule has 0 radical (unpaired) electrons. The molecule has 2 amide bonds. The molecule has 92 valence electrons. The summed E-state index contributed by atoms with van der Waals surface area (Å²) in [6.07, 6.45) is 2.23. The lowest BCUT2D eigenvalue weighted by molar-refractivity contribution is -0.129. The number of nitrogens with one attached hydrogen (secondary N) is 1. The van der Waals surface area contributed by atoms with Crippen LogP contribution >= 0.6 is 0 Å². The number of hydrogen-bond donors (Lipinski definition) is 2. The summed E-state index contributed by atoms with van der Waals surface area (Å²) in [5.74, 6) is -0.387. The summed E-state index contributed by atoms with van der Waals surface area (Å²) in [5.41, 5.74) is 4.89. The number of rotatable bonds is 8. The molecule has 0 unspecified atom stereocenters. The molecule has 0 heterocycles. The Hall–Kier alpha value is -1.14. The van der Waals surface area contributed by atoms with Crippen LogP contribution in [0.5, 0.6) is 0 Å². The standard InChI is InChI=1S/C10H19N3O3/c1-13(8-2-3-8)10(15)6-12-4-5-16-7-9(11)14/h8,12H,2-7H2,1H3,(H2,11,14). The fourth-order valence-corrected chi connectivity index (χ4v) is 1.30. The zero-order valence-corrected chi connectivity index (χ0v) is 9.57. The van der Waals surface area contributed by atoms with Crippen molar-refractivity contribution in [2.24, 2.45) is 5.73 Å². The van der Waals surface area contributed by atoms with Crippen molar-refractivity contribution in [3.8, 4) is 0 Å². The molecule has 6 heteroatoms. The summed E-state index contributed by atoms with van der Waals surface area (Å²) in [7, 11) is 1.82. The van der Waals surface area contributed by atoms with Gasteiger partial charge in [-0.15, -0.1) is 0 Å². The van der Waals surface area contributed by atoms with Gasteiger partial charge in [-0.05, 0) is 12.8 Å². The number of amides is 2. The Morgan fingerprint density at radius 1 is 1.50 bits per heavy atom. The van der Waals surface area contributed by atoms with E-state index < -0.39 is 5.91 Å². The smallest absolute Gasteiger partial charge is 0.243 e. The molecular formula is C10H19N3O3. The molecule has 1 aliphatic rings. The molecule has 0 spiro atoms. The molecule has 3 N–H and O–H groups in total. The third kappa shape index (κ3) is 5.09. The van der Waals surface area contributed by atoms with E-state index in [-0.39, 0.29) is 12.5 Å². The predicted molar refractivity (Wildman–Crippen MR) is 58.7 cm³/mol. The Morgan fingerprint density at radius 3 is 2.75 bits per heavy atom. The maximum atomic E-state index is 11.5. The lowest BCUT2D eigenvalue weighted by atomic mass is 10.4. The number of nitrogens with two attached hydrogens (primary N) is 1. The first-order chi connectivity index (χ1) is 7.61. The summed E-state index contributed by atoms with van der Waals surface area (Å²) < 4.78 is 4.94. The molecule has 0 bridgehead atoms.